The summed E-state index contributed by atoms with van der Waals surface area (Å²) in [4.78, 5) is 25.4. The molecule has 1 aliphatic carbocycles. The summed E-state index contributed by atoms with van der Waals surface area (Å²) < 4.78 is 7.94. The second-order valence-corrected chi connectivity index (χ2v) is 8.33. The highest BCUT2D eigenvalue weighted by atomic mass is 16.3. The predicted molar refractivity (Wildman–Crippen MR) is 122 cm³/mol. The van der Waals surface area contributed by atoms with Crippen molar-refractivity contribution >= 4 is 29.2 Å². The average Bonchev–Trinajstić information content (AvgIpc) is 3.17. The number of rotatable bonds is 7. The zero-order valence-electron chi connectivity index (χ0n) is 18.0. The van der Waals surface area contributed by atoms with E-state index in [4.69, 9.17) is 4.42 Å². The topological polar surface area (TPSA) is 52.2 Å². The lowest BCUT2D eigenvalue weighted by Crippen LogP contribution is -2.24. The Morgan fingerprint density at radius 2 is 1.93 bits per heavy atom. The Balaban J connectivity index is 2.06. The molecule has 3 aromatic rings. The van der Waals surface area contributed by atoms with Crippen molar-refractivity contribution in [3.05, 3.63) is 56.5 Å². The van der Waals surface area contributed by atoms with Crippen LogP contribution in [-0.4, -0.2) is 10.9 Å². The maximum absolute atomic E-state index is 13.2. The minimum Gasteiger partial charge on any atom is -0.456 e. The molecule has 0 bridgehead atoms. The largest absolute Gasteiger partial charge is 0.456 e. The molecule has 1 atom stereocenters. The van der Waals surface area contributed by atoms with Gasteiger partial charge in [0.2, 0.25) is 0 Å². The van der Waals surface area contributed by atoms with E-state index in [1.54, 1.807) is 11.6 Å². The first-order chi connectivity index (χ1) is 14.5. The molecule has 0 amide bonds. The number of furan rings is 1. The smallest absolute Gasteiger partial charge is 0.258 e. The number of hydrogen-bond donors (Lipinski definition) is 0. The van der Waals surface area contributed by atoms with Gasteiger partial charge in [0.05, 0.1) is 5.92 Å². The van der Waals surface area contributed by atoms with Crippen molar-refractivity contribution in [2.24, 2.45) is 7.05 Å². The first-order valence-electron chi connectivity index (χ1n) is 10.9. The lowest BCUT2D eigenvalue weighted by molar-refractivity contribution is -0.109. The normalized spacial score (nSPS) is 14.1. The first-order valence-corrected chi connectivity index (χ1v) is 10.9. The van der Waals surface area contributed by atoms with Gasteiger partial charge in [-0.3, -0.25) is 4.79 Å². The van der Waals surface area contributed by atoms with Crippen molar-refractivity contribution in [2.75, 3.05) is 0 Å². The van der Waals surface area contributed by atoms with Crippen LogP contribution in [0.25, 0.3) is 34.2 Å². The van der Waals surface area contributed by atoms with Crippen molar-refractivity contribution in [2.45, 2.75) is 58.3 Å². The highest BCUT2D eigenvalue weighted by Gasteiger charge is 2.25. The molecule has 1 aliphatic rings. The van der Waals surface area contributed by atoms with E-state index < -0.39 is 0 Å². The first kappa shape index (κ1) is 20.4. The van der Waals surface area contributed by atoms with Gasteiger partial charge >= 0.3 is 0 Å². The van der Waals surface area contributed by atoms with Crippen molar-refractivity contribution in [3.8, 4) is 11.3 Å². The number of pyridine rings is 1. The van der Waals surface area contributed by atoms with E-state index in [1.807, 2.05) is 25.1 Å². The fraction of sp³-hybridized carbons (Fsp3) is 0.385. The van der Waals surface area contributed by atoms with Crippen LogP contribution in [0.4, 0.5) is 0 Å². The number of aldehydes is 1. The Hall–Kier alpha value is -2.88. The molecular weight excluding hydrogens is 374 g/mol. The number of carbonyl (C=O) groups is 1. The summed E-state index contributed by atoms with van der Waals surface area (Å²) in [6.45, 7) is 4.17. The quantitative estimate of drug-likeness (QED) is 0.436. The molecule has 4 rings (SSSR count). The average molecular weight is 404 g/mol. The Morgan fingerprint density at radius 3 is 2.67 bits per heavy atom. The Labute approximate surface area is 176 Å². The van der Waals surface area contributed by atoms with Crippen LogP contribution in [0.1, 0.15) is 62.6 Å². The summed E-state index contributed by atoms with van der Waals surface area (Å²) >= 11 is 0. The van der Waals surface area contributed by atoms with Crippen LogP contribution in [0.15, 0.2) is 33.5 Å². The lowest BCUT2D eigenvalue weighted by atomic mass is 9.90. The van der Waals surface area contributed by atoms with Crippen LogP contribution in [0.5, 0.6) is 0 Å². The molecule has 4 nitrogen and oxygen atoms in total. The summed E-state index contributed by atoms with van der Waals surface area (Å²) in [6, 6.07) is 7.94. The third-order valence-corrected chi connectivity index (χ3v) is 6.13. The third-order valence-electron chi connectivity index (χ3n) is 6.13. The number of benzene rings is 1. The van der Waals surface area contributed by atoms with Crippen molar-refractivity contribution in [1.29, 1.82) is 0 Å². The zero-order chi connectivity index (χ0) is 21.3. The number of hydrogen-bond acceptors (Lipinski definition) is 3. The monoisotopic (exact) mass is 403 g/mol. The minimum atomic E-state index is -0.343. The van der Waals surface area contributed by atoms with Gasteiger partial charge in [0.15, 0.2) is 0 Å². The van der Waals surface area contributed by atoms with Gasteiger partial charge in [-0.25, -0.2) is 0 Å². The van der Waals surface area contributed by atoms with Crippen LogP contribution in [0.2, 0.25) is 0 Å². The summed E-state index contributed by atoms with van der Waals surface area (Å²) in [6.07, 6.45) is 11.1. The molecule has 2 aromatic heterocycles. The molecule has 0 saturated heterocycles. The molecule has 4 heteroatoms. The number of nitrogens with zero attached hydrogens (tertiary/aromatic N) is 1. The summed E-state index contributed by atoms with van der Waals surface area (Å²) in [5.41, 5.74) is 3.52. The van der Waals surface area contributed by atoms with Gasteiger partial charge in [-0.05, 0) is 44.4 Å². The standard InChI is InChI=1S/C26H29NO3/c1-4-5-6-10-19(16-28)25-24(23-15-18-9-7-8-11-22(18)30-23)21-14-17(2)12-13-20(21)26(29)27(25)3/h9,11-16,19H,4-8,10H2,1-3H3. The highest BCUT2D eigenvalue weighted by molar-refractivity contribution is 5.97. The van der Waals surface area contributed by atoms with E-state index in [0.29, 0.717) is 5.39 Å². The summed E-state index contributed by atoms with van der Waals surface area (Å²) in [5, 5.41) is 2.61. The van der Waals surface area contributed by atoms with E-state index >= 15 is 0 Å². The van der Waals surface area contributed by atoms with Gasteiger partial charge < -0.3 is 13.8 Å². The SMILES string of the molecule is CCCCCC(C=O)c1c(-c2cc3c(o2)=CCCC=3)c2cc(C)ccc2c(=O)n1C. The molecule has 156 valence electrons. The van der Waals surface area contributed by atoms with Crippen LogP contribution in [0, 0.1) is 6.92 Å². The molecule has 0 radical (unpaired) electrons. The molecule has 1 unspecified atom stereocenters. The predicted octanol–water partition coefficient (Wildman–Crippen LogP) is 4.32. The van der Waals surface area contributed by atoms with Gasteiger partial charge in [-0.15, -0.1) is 0 Å². The number of fused-ring (bicyclic) bond motifs is 2. The van der Waals surface area contributed by atoms with Crippen LogP contribution >= 0.6 is 0 Å². The third kappa shape index (κ3) is 3.55. The Bertz CT molecular complexity index is 1240. The van der Waals surface area contributed by atoms with Crippen LogP contribution in [0.3, 0.4) is 0 Å². The molecule has 0 N–H and O–H groups in total. The molecule has 1 aromatic carbocycles. The maximum atomic E-state index is 13.2. The molecule has 0 saturated carbocycles. The Kier molecular flexibility index (Phi) is 5.76. The fourth-order valence-electron chi connectivity index (χ4n) is 4.54. The summed E-state index contributed by atoms with van der Waals surface area (Å²) in [5.74, 6) is 0.391. The van der Waals surface area contributed by atoms with Gasteiger partial charge in [0, 0.05) is 34.3 Å². The minimum absolute atomic E-state index is 0.0689. The van der Waals surface area contributed by atoms with Crippen LogP contribution in [-0.2, 0) is 11.8 Å². The van der Waals surface area contributed by atoms with Gasteiger partial charge in [-0.2, -0.15) is 0 Å². The van der Waals surface area contributed by atoms with Crippen molar-refractivity contribution < 1.29 is 9.21 Å². The molecule has 2 heterocycles. The zero-order valence-corrected chi connectivity index (χ0v) is 18.0. The molecule has 0 aliphatic heterocycles. The second kappa shape index (κ2) is 8.47. The molecule has 0 fully saturated rings. The number of unbranched alkanes of at least 4 members (excludes halogenated alkanes) is 2. The molecule has 30 heavy (non-hydrogen) atoms. The Morgan fingerprint density at radius 1 is 1.13 bits per heavy atom. The van der Waals surface area contributed by atoms with E-state index in [9.17, 15) is 9.59 Å². The van der Waals surface area contributed by atoms with Gasteiger partial charge in [0.1, 0.15) is 17.5 Å². The van der Waals surface area contributed by atoms with E-state index in [2.05, 4.69) is 25.1 Å². The molecule has 0 spiro atoms. The second-order valence-electron chi connectivity index (χ2n) is 8.33. The van der Waals surface area contributed by atoms with Crippen molar-refractivity contribution in [1.82, 2.24) is 4.57 Å². The van der Waals surface area contributed by atoms with Crippen LogP contribution < -0.4 is 16.2 Å². The van der Waals surface area contributed by atoms with E-state index in [1.165, 1.54) is 0 Å². The fourth-order valence-corrected chi connectivity index (χ4v) is 4.54. The maximum Gasteiger partial charge on any atom is 0.258 e. The highest BCUT2D eigenvalue weighted by Crippen LogP contribution is 2.35. The number of carbonyl (C=O) groups excluding carboxylic acids is 1. The van der Waals surface area contributed by atoms with E-state index in [-0.39, 0.29) is 11.5 Å². The number of aryl methyl sites for hydroxylation is 1. The lowest BCUT2D eigenvalue weighted by Gasteiger charge is -2.20. The summed E-state index contributed by atoms with van der Waals surface area (Å²) in [7, 11) is 1.78. The number of aromatic nitrogens is 1. The van der Waals surface area contributed by atoms with Crippen molar-refractivity contribution in [3.63, 3.8) is 0 Å². The molecular formula is C26H29NO3. The van der Waals surface area contributed by atoms with E-state index in [0.717, 1.165) is 83.4 Å². The van der Waals surface area contributed by atoms with Gasteiger partial charge in [0.25, 0.3) is 5.56 Å². The van der Waals surface area contributed by atoms with Gasteiger partial charge in [-0.1, -0.05) is 50.0 Å².